The predicted molar refractivity (Wildman–Crippen MR) is 78.0 cm³/mol. The highest BCUT2D eigenvalue weighted by Gasteiger charge is 2.09. The maximum atomic E-state index is 11.9. The zero-order chi connectivity index (χ0) is 15.4. The molecule has 1 aromatic carbocycles. The molecule has 0 atom stereocenters. The van der Waals surface area contributed by atoms with Gasteiger partial charge in [-0.25, -0.2) is 9.78 Å². The number of rotatable bonds is 5. The van der Waals surface area contributed by atoms with E-state index < -0.39 is 5.97 Å². The summed E-state index contributed by atoms with van der Waals surface area (Å²) >= 11 is 11.6. The maximum Gasteiger partial charge on any atom is 0.356 e. The van der Waals surface area contributed by atoms with Gasteiger partial charge in [0.25, 0.3) is 5.91 Å². The van der Waals surface area contributed by atoms with Crippen LogP contribution >= 0.6 is 23.2 Å². The van der Waals surface area contributed by atoms with E-state index in [0.29, 0.717) is 28.7 Å². The third kappa shape index (κ3) is 3.96. The first-order chi connectivity index (χ1) is 9.97. The van der Waals surface area contributed by atoms with Crippen molar-refractivity contribution in [3.8, 4) is 0 Å². The number of aromatic nitrogens is 2. The summed E-state index contributed by atoms with van der Waals surface area (Å²) in [6, 6.07) is 4.61. The van der Waals surface area contributed by atoms with Gasteiger partial charge in [-0.3, -0.25) is 4.79 Å². The fourth-order valence-electron chi connectivity index (χ4n) is 1.63. The van der Waals surface area contributed by atoms with E-state index in [1.165, 1.54) is 18.6 Å². The third-order valence-electron chi connectivity index (χ3n) is 2.69. The molecule has 0 unspecified atom stereocenters. The van der Waals surface area contributed by atoms with Gasteiger partial charge in [-0.1, -0.05) is 23.2 Å². The second-order valence-electron chi connectivity index (χ2n) is 4.19. The molecule has 0 saturated heterocycles. The number of carboxylic acids is 1. The number of hydrogen-bond acceptors (Lipinski definition) is 3. The molecule has 0 fully saturated rings. The van der Waals surface area contributed by atoms with E-state index in [0.717, 1.165) is 0 Å². The zero-order valence-electron chi connectivity index (χ0n) is 10.7. The first-order valence-electron chi connectivity index (χ1n) is 5.95. The Morgan fingerprint density at radius 3 is 2.67 bits per heavy atom. The lowest BCUT2D eigenvalue weighted by Gasteiger charge is -2.06. The minimum Gasteiger partial charge on any atom is -0.476 e. The molecule has 2 aromatic rings. The minimum atomic E-state index is -1.09. The molecule has 0 bridgehead atoms. The van der Waals surface area contributed by atoms with Crippen molar-refractivity contribution >= 4 is 35.1 Å². The first kappa shape index (κ1) is 15.3. The van der Waals surface area contributed by atoms with Gasteiger partial charge in [-0.2, -0.15) is 0 Å². The molecule has 0 radical (unpaired) electrons. The maximum absolute atomic E-state index is 11.9. The Morgan fingerprint density at radius 2 is 2.05 bits per heavy atom. The van der Waals surface area contributed by atoms with Gasteiger partial charge in [0.1, 0.15) is 0 Å². The van der Waals surface area contributed by atoms with Crippen LogP contribution in [0.1, 0.15) is 20.8 Å². The van der Waals surface area contributed by atoms with Crippen molar-refractivity contribution in [1.29, 1.82) is 0 Å². The standard InChI is InChI=1S/C13H11Cl2N3O3/c14-9-2-1-8(5-10(9)15)12(19)16-3-4-18-6-11(13(20)21)17-7-18/h1-2,5-7H,3-4H2,(H,16,19)(H,20,21). The van der Waals surface area contributed by atoms with Gasteiger partial charge in [-0.05, 0) is 18.2 Å². The molecule has 1 amide bonds. The van der Waals surface area contributed by atoms with E-state index in [2.05, 4.69) is 10.3 Å². The lowest BCUT2D eigenvalue weighted by atomic mass is 10.2. The highest BCUT2D eigenvalue weighted by Crippen LogP contribution is 2.22. The minimum absolute atomic E-state index is 0.0363. The molecule has 8 heteroatoms. The fourth-order valence-corrected chi connectivity index (χ4v) is 1.93. The predicted octanol–water partition coefficient (Wildman–Crippen LogP) is 2.32. The van der Waals surface area contributed by atoms with E-state index in [9.17, 15) is 9.59 Å². The number of amides is 1. The number of benzene rings is 1. The molecule has 6 nitrogen and oxygen atoms in total. The molecule has 2 rings (SSSR count). The summed E-state index contributed by atoms with van der Waals surface area (Å²) in [5.41, 5.74) is 0.368. The fraction of sp³-hybridized carbons (Fsp3) is 0.154. The van der Waals surface area contributed by atoms with Gasteiger partial charge in [0, 0.05) is 24.8 Å². The van der Waals surface area contributed by atoms with Crippen molar-refractivity contribution in [2.24, 2.45) is 0 Å². The molecular formula is C13H11Cl2N3O3. The third-order valence-corrected chi connectivity index (χ3v) is 3.43. The van der Waals surface area contributed by atoms with Crippen molar-refractivity contribution in [2.75, 3.05) is 6.54 Å². The summed E-state index contributed by atoms with van der Waals surface area (Å²) in [7, 11) is 0. The highest BCUT2D eigenvalue weighted by atomic mass is 35.5. The molecule has 0 saturated carbocycles. The molecule has 0 aliphatic heterocycles. The normalized spacial score (nSPS) is 10.4. The number of aromatic carboxylic acids is 1. The Morgan fingerprint density at radius 1 is 1.29 bits per heavy atom. The molecule has 0 aliphatic carbocycles. The average Bonchev–Trinajstić information content (AvgIpc) is 2.91. The topological polar surface area (TPSA) is 84.2 Å². The number of nitrogens with one attached hydrogen (secondary N) is 1. The summed E-state index contributed by atoms with van der Waals surface area (Å²) in [6.07, 6.45) is 2.79. The number of hydrogen-bond donors (Lipinski definition) is 2. The first-order valence-corrected chi connectivity index (χ1v) is 6.71. The van der Waals surface area contributed by atoms with Crippen LogP contribution in [-0.4, -0.2) is 33.1 Å². The summed E-state index contributed by atoms with van der Waals surface area (Å²) < 4.78 is 1.58. The zero-order valence-corrected chi connectivity index (χ0v) is 12.2. The van der Waals surface area contributed by atoms with Crippen molar-refractivity contribution < 1.29 is 14.7 Å². The van der Waals surface area contributed by atoms with Crippen molar-refractivity contribution in [3.63, 3.8) is 0 Å². The van der Waals surface area contributed by atoms with Crippen molar-refractivity contribution in [3.05, 3.63) is 52.0 Å². The molecular weight excluding hydrogens is 317 g/mol. The number of nitrogens with zero attached hydrogens (tertiary/aromatic N) is 2. The van der Waals surface area contributed by atoms with E-state index >= 15 is 0 Å². The molecule has 2 N–H and O–H groups in total. The van der Waals surface area contributed by atoms with Crippen molar-refractivity contribution in [1.82, 2.24) is 14.9 Å². The van der Waals surface area contributed by atoms with Crippen LogP contribution in [0.2, 0.25) is 10.0 Å². The van der Waals surface area contributed by atoms with E-state index in [-0.39, 0.29) is 11.6 Å². The molecule has 110 valence electrons. The summed E-state index contributed by atoms with van der Waals surface area (Å²) in [5.74, 6) is -1.37. The Balaban J connectivity index is 1.88. The molecule has 21 heavy (non-hydrogen) atoms. The molecule has 1 heterocycles. The number of halogens is 2. The summed E-state index contributed by atoms with van der Waals surface area (Å²) in [5, 5.41) is 12.1. The van der Waals surface area contributed by atoms with Gasteiger partial charge in [0.15, 0.2) is 5.69 Å². The second-order valence-corrected chi connectivity index (χ2v) is 5.00. The van der Waals surface area contributed by atoms with Gasteiger partial charge in [0.05, 0.1) is 16.4 Å². The van der Waals surface area contributed by atoms with Crippen LogP contribution in [0.3, 0.4) is 0 Å². The smallest absolute Gasteiger partial charge is 0.356 e. The van der Waals surface area contributed by atoms with Gasteiger partial charge in [0.2, 0.25) is 0 Å². The summed E-state index contributed by atoms with van der Waals surface area (Å²) in [4.78, 5) is 26.3. The van der Waals surface area contributed by atoms with E-state index in [1.54, 1.807) is 16.7 Å². The molecule has 1 aromatic heterocycles. The van der Waals surface area contributed by atoms with Gasteiger partial charge >= 0.3 is 5.97 Å². The van der Waals surface area contributed by atoms with Gasteiger partial charge in [-0.15, -0.1) is 0 Å². The van der Waals surface area contributed by atoms with Crippen LogP contribution in [-0.2, 0) is 6.54 Å². The van der Waals surface area contributed by atoms with Crippen molar-refractivity contribution in [2.45, 2.75) is 6.54 Å². The second kappa shape index (κ2) is 6.60. The SMILES string of the molecule is O=C(NCCn1cnc(C(=O)O)c1)c1ccc(Cl)c(Cl)c1. The highest BCUT2D eigenvalue weighted by molar-refractivity contribution is 6.42. The van der Waals surface area contributed by atoms with Crippen LogP contribution in [0.5, 0.6) is 0 Å². The Kier molecular flexibility index (Phi) is 4.82. The Labute approximate surface area is 130 Å². The Bertz CT molecular complexity index is 685. The molecule has 0 spiro atoms. The number of imidazole rings is 1. The summed E-state index contributed by atoms with van der Waals surface area (Å²) in [6.45, 7) is 0.738. The lowest BCUT2D eigenvalue weighted by molar-refractivity contribution is 0.0690. The van der Waals surface area contributed by atoms with E-state index in [1.807, 2.05) is 0 Å². The average molecular weight is 328 g/mol. The van der Waals surface area contributed by atoms with Gasteiger partial charge < -0.3 is 15.0 Å². The Hall–Kier alpha value is -2.05. The number of carbonyl (C=O) groups excluding carboxylic acids is 1. The quantitative estimate of drug-likeness (QED) is 0.882. The number of carbonyl (C=O) groups is 2. The van der Waals surface area contributed by atoms with Crippen LogP contribution in [0.4, 0.5) is 0 Å². The van der Waals surface area contributed by atoms with Crippen LogP contribution in [0, 0.1) is 0 Å². The monoisotopic (exact) mass is 327 g/mol. The number of carboxylic acid groups (broad SMARTS) is 1. The van der Waals surface area contributed by atoms with Crippen LogP contribution in [0.25, 0.3) is 0 Å². The van der Waals surface area contributed by atoms with Crippen LogP contribution < -0.4 is 5.32 Å². The largest absolute Gasteiger partial charge is 0.476 e. The lowest BCUT2D eigenvalue weighted by Crippen LogP contribution is -2.26. The van der Waals surface area contributed by atoms with E-state index in [4.69, 9.17) is 28.3 Å². The molecule has 0 aliphatic rings. The van der Waals surface area contributed by atoms with Crippen LogP contribution in [0.15, 0.2) is 30.7 Å².